The van der Waals surface area contributed by atoms with E-state index < -0.39 is 0 Å². The lowest BCUT2D eigenvalue weighted by Gasteiger charge is -1.99. The van der Waals surface area contributed by atoms with Crippen LogP contribution in [0.5, 0.6) is 0 Å². The molecule has 0 fully saturated rings. The highest BCUT2D eigenvalue weighted by Gasteiger charge is 2.10. The van der Waals surface area contributed by atoms with E-state index in [-0.39, 0.29) is 5.82 Å². The molecule has 8 heteroatoms. The van der Waals surface area contributed by atoms with Gasteiger partial charge in [0.25, 0.3) is 0 Å². The van der Waals surface area contributed by atoms with Gasteiger partial charge in [-0.3, -0.25) is 0 Å². The molecule has 0 aliphatic heterocycles. The van der Waals surface area contributed by atoms with Crippen LogP contribution in [-0.4, -0.2) is 26.1 Å². The minimum absolute atomic E-state index is 0.249. The molecule has 0 saturated heterocycles. The molecule has 0 atom stereocenters. The number of hydrogen-bond acceptors (Lipinski definition) is 6. The number of hydrogen-bond donors (Lipinski definition) is 1. The molecule has 0 unspecified atom stereocenters. The molecule has 0 amide bonds. The molecular weight excluding hydrogens is 357 g/mol. The number of nitrogens with one attached hydrogen (secondary N) is 1. The van der Waals surface area contributed by atoms with Crippen LogP contribution in [0.15, 0.2) is 36.7 Å². The second-order valence-electron chi connectivity index (χ2n) is 5.52. The Morgan fingerprint density at radius 1 is 1.20 bits per heavy atom. The Bertz CT molecular complexity index is 955. The molecule has 3 aromatic heterocycles. The molecule has 0 aliphatic rings. The average molecular weight is 373 g/mol. The van der Waals surface area contributed by atoms with Crippen molar-refractivity contribution in [3.63, 3.8) is 0 Å². The zero-order chi connectivity index (χ0) is 17.2. The van der Waals surface area contributed by atoms with Crippen LogP contribution in [0, 0.1) is 5.82 Å². The normalized spacial score (nSPS) is 11.3. The number of benzene rings is 1. The van der Waals surface area contributed by atoms with Crippen molar-refractivity contribution in [2.45, 2.75) is 19.8 Å². The Hall–Kier alpha value is -2.32. The van der Waals surface area contributed by atoms with Gasteiger partial charge >= 0.3 is 0 Å². The molecule has 4 aromatic rings. The lowest BCUT2D eigenvalue weighted by molar-refractivity contribution is 0.628. The summed E-state index contributed by atoms with van der Waals surface area (Å²) in [5.74, 6) is -0.249. The third-order valence-electron chi connectivity index (χ3n) is 3.75. The van der Waals surface area contributed by atoms with E-state index in [9.17, 15) is 4.39 Å². The molecule has 0 bridgehead atoms. The van der Waals surface area contributed by atoms with Crippen LogP contribution in [0.25, 0.3) is 16.2 Å². The SMILES string of the molecule is CCc1cnc(CCNc2nn3cc(-c4ccc(F)cc4)nc3s2)s1. The number of halogens is 1. The van der Waals surface area contributed by atoms with Crippen LogP contribution >= 0.6 is 22.7 Å². The maximum Gasteiger partial charge on any atom is 0.214 e. The summed E-state index contributed by atoms with van der Waals surface area (Å²) in [5.41, 5.74) is 1.67. The zero-order valence-electron chi connectivity index (χ0n) is 13.6. The second-order valence-corrected chi connectivity index (χ2v) is 7.67. The summed E-state index contributed by atoms with van der Waals surface area (Å²) in [6, 6.07) is 6.32. The van der Waals surface area contributed by atoms with Crippen LogP contribution in [-0.2, 0) is 12.8 Å². The summed E-state index contributed by atoms with van der Waals surface area (Å²) in [5, 5.41) is 9.80. The van der Waals surface area contributed by atoms with E-state index in [1.165, 1.54) is 28.3 Å². The Morgan fingerprint density at radius 2 is 2.04 bits per heavy atom. The fourth-order valence-electron chi connectivity index (χ4n) is 2.43. The highest BCUT2D eigenvalue weighted by atomic mass is 32.1. The van der Waals surface area contributed by atoms with Gasteiger partial charge in [-0.25, -0.2) is 18.9 Å². The summed E-state index contributed by atoms with van der Waals surface area (Å²) in [6.45, 7) is 2.93. The minimum atomic E-state index is -0.249. The first-order valence-corrected chi connectivity index (χ1v) is 9.64. The number of fused-ring (bicyclic) bond motifs is 1. The van der Waals surface area contributed by atoms with Gasteiger partial charge in [0.2, 0.25) is 10.1 Å². The van der Waals surface area contributed by atoms with Crippen molar-refractivity contribution < 1.29 is 4.39 Å². The van der Waals surface area contributed by atoms with E-state index in [0.717, 1.165) is 45.7 Å². The van der Waals surface area contributed by atoms with Gasteiger partial charge in [0.05, 0.1) is 16.9 Å². The Morgan fingerprint density at radius 3 is 2.76 bits per heavy atom. The molecule has 4 rings (SSSR count). The topological polar surface area (TPSA) is 55.1 Å². The van der Waals surface area contributed by atoms with Gasteiger partial charge in [0.1, 0.15) is 5.82 Å². The molecule has 25 heavy (non-hydrogen) atoms. The maximum absolute atomic E-state index is 13.0. The Balaban J connectivity index is 1.41. The summed E-state index contributed by atoms with van der Waals surface area (Å²) >= 11 is 3.26. The van der Waals surface area contributed by atoms with Crippen molar-refractivity contribution in [2.75, 3.05) is 11.9 Å². The van der Waals surface area contributed by atoms with Gasteiger partial charge in [0.15, 0.2) is 0 Å². The van der Waals surface area contributed by atoms with Gasteiger partial charge in [-0.05, 0) is 30.7 Å². The largest absolute Gasteiger partial charge is 0.360 e. The number of nitrogens with zero attached hydrogens (tertiary/aromatic N) is 4. The number of thiazole rings is 1. The van der Waals surface area contributed by atoms with Crippen LogP contribution in [0.2, 0.25) is 0 Å². The second kappa shape index (κ2) is 6.89. The van der Waals surface area contributed by atoms with Gasteiger partial charge in [-0.15, -0.1) is 16.4 Å². The maximum atomic E-state index is 13.0. The first-order chi connectivity index (χ1) is 12.2. The van der Waals surface area contributed by atoms with E-state index in [1.807, 2.05) is 12.4 Å². The molecule has 3 heterocycles. The third kappa shape index (κ3) is 3.54. The van der Waals surface area contributed by atoms with E-state index in [1.54, 1.807) is 28.0 Å². The Labute approximate surface area is 152 Å². The highest BCUT2D eigenvalue weighted by Crippen LogP contribution is 2.24. The molecule has 128 valence electrons. The molecule has 0 aliphatic carbocycles. The van der Waals surface area contributed by atoms with Crippen molar-refractivity contribution >= 4 is 32.8 Å². The number of aryl methyl sites for hydroxylation is 1. The van der Waals surface area contributed by atoms with Gasteiger partial charge in [-0.2, -0.15) is 0 Å². The summed E-state index contributed by atoms with van der Waals surface area (Å²) < 4.78 is 14.8. The van der Waals surface area contributed by atoms with Crippen molar-refractivity contribution in [1.29, 1.82) is 0 Å². The smallest absolute Gasteiger partial charge is 0.214 e. The summed E-state index contributed by atoms with van der Waals surface area (Å²) in [7, 11) is 0. The standard InChI is InChI=1S/C17H16FN5S2/c1-2-13-9-20-15(24-13)7-8-19-16-22-23-10-14(21-17(23)25-16)11-3-5-12(18)6-4-11/h3-6,9-10H,2,7-8H2,1H3,(H,19,22). The lowest BCUT2D eigenvalue weighted by atomic mass is 10.2. The monoisotopic (exact) mass is 373 g/mol. The van der Waals surface area contributed by atoms with E-state index in [0.29, 0.717) is 0 Å². The van der Waals surface area contributed by atoms with Crippen LogP contribution in [0.1, 0.15) is 16.8 Å². The van der Waals surface area contributed by atoms with E-state index in [2.05, 4.69) is 27.3 Å². The minimum Gasteiger partial charge on any atom is -0.360 e. The lowest BCUT2D eigenvalue weighted by Crippen LogP contribution is -2.04. The average Bonchev–Trinajstić information content (AvgIpc) is 3.30. The van der Waals surface area contributed by atoms with Crippen molar-refractivity contribution in [1.82, 2.24) is 19.6 Å². The van der Waals surface area contributed by atoms with Gasteiger partial charge < -0.3 is 5.32 Å². The summed E-state index contributed by atoms with van der Waals surface area (Å²) in [6.07, 6.45) is 5.73. The molecule has 0 radical (unpaired) electrons. The fourth-order valence-corrected chi connectivity index (χ4v) is 4.10. The zero-order valence-corrected chi connectivity index (χ0v) is 15.2. The summed E-state index contributed by atoms with van der Waals surface area (Å²) in [4.78, 5) is 11.1. The van der Waals surface area contributed by atoms with E-state index >= 15 is 0 Å². The highest BCUT2D eigenvalue weighted by molar-refractivity contribution is 7.20. The number of aromatic nitrogens is 4. The quantitative estimate of drug-likeness (QED) is 0.548. The van der Waals surface area contributed by atoms with Crippen LogP contribution in [0.4, 0.5) is 9.52 Å². The van der Waals surface area contributed by atoms with Gasteiger partial charge in [-0.1, -0.05) is 18.3 Å². The molecule has 1 N–H and O–H groups in total. The number of rotatable bonds is 6. The molecule has 5 nitrogen and oxygen atoms in total. The van der Waals surface area contributed by atoms with Crippen molar-refractivity contribution in [2.24, 2.45) is 0 Å². The predicted molar refractivity (Wildman–Crippen MR) is 99.9 cm³/mol. The van der Waals surface area contributed by atoms with Crippen LogP contribution < -0.4 is 5.32 Å². The molecule has 1 aromatic carbocycles. The van der Waals surface area contributed by atoms with Crippen molar-refractivity contribution in [3.8, 4) is 11.3 Å². The number of anilines is 1. The first kappa shape index (κ1) is 16.2. The van der Waals surface area contributed by atoms with E-state index in [4.69, 9.17) is 0 Å². The first-order valence-electron chi connectivity index (χ1n) is 8.01. The molecule has 0 spiro atoms. The molecule has 0 saturated carbocycles. The Kier molecular flexibility index (Phi) is 4.46. The third-order valence-corrected chi connectivity index (χ3v) is 5.83. The van der Waals surface area contributed by atoms with Gasteiger partial charge in [0, 0.05) is 29.6 Å². The van der Waals surface area contributed by atoms with Crippen molar-refractivity contribution in [3.05, 3.63) is 52.4 Å². The predicted octanol–water partition coefficient (Wildman–Crippen LogP) is 4.27. The van der Waals surface area contributed by atoms with Crippen LogP contribution in [0.3, 0.4) is 0 Å². The number of imidazole rings is 1. The fraction of sp³-hybridized carbons (Fsp3) is 0.235. The molecular formula is C17H16FN5S2.